The summed E-state index contributed by atoms with van der Waals surface area (Å²) in [6.07, 6.45) is 3.30. The van der Waals surface area contributed by atoms with Gasteiger partial charge in [-0.2, -0.15) is 0 Å². The maximum absolute atomic E-state index is 5.62. The fraction of sp³-hybridized carbons (Fsp3) is 1.00. The third-order valence-electron chi connectivity index (χ3n) is 2.84. The molecule has 0 aromatic heterocycles. The van der Waals surface area contributed by atoms with Gasteiger partial charge in [0.05, 0.1) is 0 Å². The molecule has 5 heteroatoms. The Hall–Kier alpha value is 0.0569. The summed E-state index contributed by atoms with van der Waals surface area (Å²) in [6.45, 7) is 4.99. The van der Waals surface area contributed by atoms with Gasteiger partial charge in [0.25, 0.3) is 0 Å². The molecule has 0 fully saturated rings. The first-order chi connectivity index (χ1) is 7.74. The molecule has 0 aliphatic heterocycles. The van der Waals surface area contributed by atoms with Crippen molar-refractivity contribution < 1.29 is 8.85 Å². The van der Waals surface area contributed by atoms with E-state index >= 15 is 0 Å². The molecule has 0 bridgehead atoms. The fourth-order valence-corrected chi connectivity index (χ4v) is 4.54. The Morgan fingerprint density at radius 3 is 2.19 bits per heavy atom. The van der Waals surface area contributed by atoms with E-state index in [-0.39, 0.29) is 0 Å². The van der Waals surface area contributed by atoms with E-state index in [0.29, 0.717) is 0 Å². The van der Waals surface area contributed by atoms with Crippen LogP contribution in [0.3, 0.4) is 0 Å². The van der Waals surface area contributed by atoms with Gasteiger partial charge in [0.2, 0.25) is 0 Å². The molecule has 0 aliphatic rings. The van der Waals surface area contributed by atoms with Crippen molar-refractivity contribution in [3.05, 3.63) is 0 Å². The summed E-state index contributed by atoms with van der Waals surface area (Å²) in [6, 6.07) is 2.16. The molecule has 0 rings (SSSR count). The topological polar surface area (TPSA) is 56.5 Å². The second-order valence-corrected chi connectivity index (χ2v) is 7.70. The van der Waals surface area contributed by atoms with Gasteiger partial charge in [0.1, 0.15) is 0 Å². The minimum Gasteiger partial charge on any atom is -0.398 e. The molecule has 0 aliphatic carbocycles. The first-order valence-corrected chi connectivity index (χ1v) is 8.49. The van der Waals surface area contributed by atoms with Gasteiger partial charge in [-0.3, -0.25) is 0 Å². The number of nitrogens with one attached hydrogen (secondary N) is 1. The highest BCUT2D eigenvalue weighted by Gasteiger charge is 2.33. The van der Waals surface area contributed by atoms with Crippen LogP contribution in [0.25, 0.3) is 0 Å². The zero-order valence-electron chi connectivity index (χ0n) is 11.1. The van der Waals surface area contributed by atoms with Gasteiger partial charge in [0, 0.05) is 14.2 Å². The van der Waals surface area contributed by atoms with Gasteiger partial charge in [0.15, 0.2) is 0 Å². The quantitative estimate of drug-likeness (QED) is 0.429. The van der Waals surface area contributed by atoms with E-state index in [4.69, 9.17) is 14.6 Å². The SMILES string of the molecule is CCC[Si](CCCNCCCN)(OC)OC. The molecule has 4 nitrogen and oxygen atoms in total. The average molecular weight is 248 g/mol. The lowest BCUT2D eigenvalue weighted by atomic mass is 10.4. The second-order valence-electron chi connectivity index (χ2n) is 4.06. The minimum atomic E-state index is -1.88. The summed E-state index contributed by atoms with van der Waals surface area (Å²) in [5, 5.41) is 3.38. The highest BCUT2D eigenvalue weighted by molar-refractivity contribution is 6.67. The van der Waals surface area contributed by atoms with Gasteiger partial charge >= 0.3 is 8.56 Å². The minimum absolute atomic E-state index is 0.762. The van der Waals surface area contributed by atoms with Crippen molar-refractivity contribution in [2.45, 2.75) is 38.3 Å². The Balaban J connectivity index is 3.67. The van der Waals surface area contributed by atoms with Crippen LogP contribution in [-0.4, -0.2) is 42.4 Å². The second kappa shape index (κ2) is 10.2. The lowest BCUT2D eigenvalue weighted by Gasteiger charge is -2.27. The molecule has 0 spiro atoms. The third kappa shape index (κ3) is 6.60. The molecule has 0 aromatic carbocycles. The van der Waals surface area contributed by atoms with Crippen molar-refractivity contribution in [1.82, 2.24) is 5.32 Å². The van der Waals surface area contributed by atoms with E-state index in [1.165, 1.54) is 0 Å². The first-order valence-electron chi connectivity index (χ1n) is 6.25. The molecule has 0 atom stereocenters. The van der Waals surface area contributed by atoms with Crippen LogP contribution >= 0.6 is 0 Å². The van der Waals surface area contributed by atoms with Crippen LogP contribution in [0.5, 0.6) is 0 Å². The smallest absolute Gasteiger partial charge is 0.337 e. The van der Waals surface area contributed by atoms with Gasteiger partial charge in [-0.1, -0.05) is 13.3 Å². The van der Waals surface area contributed by atoms with Gasteiger partial charge in [-0.25, -0.2) is 0 Å². The third-order valence-corrected chi connectivity index (χ3v) is 6.71. The Morgan fingerprint density at radius 1 is 1.06 bits per heavy atom. The van der Waals surface area contributed by atoms with Crippen molar-refractivity contribution in [2.24, 2.45) is 5.73 Å². The maximum atomic E-state index is 5.62. The summed E-state index contributed by atoms with van der Waals surface area (Å²) in [5.41, 5.74) is 5.42. The van der Waals surface area contributed by atoms with E-state index in [1.54, 1.807) is 14.2 Å². The van der Waals surface area contributed by atoms with E-state index in [2.05, 4.69) is 12.2 Å². The number of nitrogens with two attached hydrogens (primary N) is 1. The summed E-state index contributed by atoms with van der Waals surface area (Å²) in [7, 11) is 1.69. The summed E-state index contributed by atoms with van der Waals surface area (Å²) >= 11 is 0. The molecular weight excluding hydrogens is 220 g/mol. The molecule has 98 valence electrons. The number of hydrogen-bond acceptors (Lipinski definition) is 4. The van der Waals surface area contributed by atoms with E-state index < -0.39 is 8.56 Å². The summed E-state index contributed by atoms with van der Waals surface area (Å²) in [5.74, 6) is 0. The zero-order chi connectivity index (χ0) is 12.3. The average Bonchev–Trinajstić information content (AvgIpc) is 2.32. The van der Waals surface area contributed by atoms with Gasteiger partial charge in [-0.15, -0.1) is 0 Å². The molecule has 0 heterocycles. The molecule has 16 heavy (non-hydrogen) atoms. The molecule has 0 unspecified atom stereocenters. The Kier molecular flexibility index (Phi) is 10.3. The van der Waals surface area contributed by atoms with Gasteiger partial charge in [-0.05, 0) is 44.6 Å². The van der Waals surface area contributed by atoms with E-state index in [1.807, 2.05) is 0 Å². The van der Waals surface area contributed by atoms with Crippen LogP contribution in [0, 0.1) is 0 Å². The number of hydrogen-bond donors (Lipinski definition) is 2. The van der Waals surface area contributed by atoms with Crippen LogP contribution in [0.15, 0.2) is 0 Å². The predicted octanol–water partition coefficient (Wildman–Crippen LogP) is 1.46. The van der Waals surface area contributed by atoms with Crippen LogP contribution in [-0.2, 0) is 8.85 Å². The highest BCUT2D eigenvalue weighted by atomic mass is 28.4. The van der Waals surface area contributed by atoms with Crippen LogP contribution < -0.4 is 11.1 Å². The Bertz CT molecular complexity index is 155. The van der Waals surface area contributed by atoms with E-state index in [0.717, 1.165) is 51.0 Å². The molecule has 0 saturated carbocycles. The number of rotatable bonds is 11. The normalized spacial score (nSPS) is 12.0. The summed E-state index contributed by atoms with van der Waals surface area (Å²) in [4.78, 5) is 0. The highest BCUT2D eigenvalue weighted by Crippen LogP contribution is 2.20. The van der Waals surface area contributed by atoms with Crippen molar-refractivity contribution in [3.63, 3.8) is 0 Å². The predicted molar refractivity (Wildman–Crippen MR) is 70.8 cm³/mol. The molecule has 0 amide bonds. The molecule has 0 saturated heterocycles. The van der Waals surface area contributed by atoms with Crippen molar-refractivity contribution in [1.29, 1.82) is 0 Å². The zero-order valence-corrected chi connectivity index (χ0v) is 12.1. The van der Waals surface area contributed by atoms with Crippen molar-refractivity contribution in [2.75, 3.05) is 33.9 Å². The van der Waals surface area contributed by atoms with Crippen LogP contribution in [0.1, 0.15) is 26.2 Å². The van der Waals surface area contributed by atoms with Crippen molar-refractivity contribution in [3.8, 4) is 0 Å². The first kappa shape index (κ1) is 16.1. The molecule has 0 aromatic rings. The molecular formula is C11H28N2O2Si. The largest absolute Gasteiger partial charge is 0.398 e. The maximum Gasteiger partial charge on any atom is 0.337 e. The fourth-order valence-electron chi connectivity index (χ4n) is 1.83. The monoisotopic (exact) mass is 248 g/mol. The van der Waals surface area contributed by atoms with Crippen molar-refractivity contribution >= 4 is 8.56 Å². The Labute approximate surface area is 101 Å². The lowest BCUT2D eigenvalue weighted by molar-refractivity contribution is 0.239. The molecule has 3 N–H and O–H groups in total. The van der Waals surface area contributed by atoms with Crippen LogP contribution in [0.4, 0.5) is 0 Å². The standard InChI is InChI=1S/C11H28N2O2Si/c1-4-10-16(14-2,15-3)11-6-9-13-8-5-7-12/h13H,4-12H2,1-3H3. The summed E-state index contributed by atoms with van der Waals surface area (Å²) < 4.78 is 11.2. The Morgan fingerprint density at radius 2 is 1.69 bits per heavy atom. The van der Waals surface area contributed by atoms with Gasteiger partial charge < -0.3 is 19.9 Å². The van der Waals surface area contributed by atoms with E-state index in [9.17, 15) is 0 Å². The van der Waals surface area contributed by atoms with Crippen LogP contribution in [0.2, 0.25) is 12.1 Å². The molecule has 0 radical (unpaired) electrons. The lowest BCUT2D eigenvalue weighted by Crippen LogP contribution is -2.40.